The number of nitrogens with zero attached hydrogens (tertiary/aromatic N) is 4. The molecular formula is C25H37IN6O. The van der Waals surface area contributed by atoms with E-state index < -0.39 is 0 Å². The number of likely N-dealkylation sites (tertiary alicyclic amines) is 1. The van der Waals surface area contributed by atoms with Crippen LogP contribution >= 0.6 is 24.0 Å². The van der Waals surface area contributed by atoms with E-state index in [2.05, 4.69) is 86.7 Å². The molecule has 2 aromatic rings. The minimum absolute atomic E-state index is 0. The molecular weight excluding hydrogens is 527 g/mol. The maximum absolute atomic E-state index is 5.63. The zero-order valence-corrected chi connectivity index (χ0v) is 22.2. The van der Waals surface area contributed by atoms with E-state index in [-0.39, 0.29) is 30.1 Å². The van der Waals surface area contributed by atoms with Gasteiger partial charge in [0.15, 0.2) is 5.96 Å². The van der Waals surface area contributed by atoms with E-state index in [4.69, 9.17) is 4.74 Å². The number of pyridine rings is 1. The number of aromatic nitrogens is 1. The van der Waals surface area contributed by atoms with Crippen molar-refractivity contribution in [3.8, 4) is 0 Å². The molecule has 8 heteroatoms. The second-order valence-corrected chi connectivity index (χ2v) is 8.92. The summed E-state index contributed by atoms with van der Waals surface area (Å²) >= 11 is 0. The summed E-state index contributed by atoms with van der Waals surface area (Å²) in [7, 11) is 1.83. The molecule has 2 aliphatic rings. The highest BCUT2D eigenvalue weighted by Gasteiger charge is 2.29. The predicted octanol–water partition coefficient (Wildman–Crippen LogP) is 3.25. The molecule has 0 saturated carbocycles. The second-order valence-electron chi connectivity index (χ2n) is 8.92. The number of hydrogen-bond donors (Lipinski definition) is 2. The maximum Gasteiger partial charge on any atom is 0.191 e. The fourth-order valence-corrected chi connectivity index (χ4v) is 4.55. The standard InChI is InChI=1S/C25H36N6O.HI/c1-19-13-23(18-31(19)17-21-7-5-4-6-8-21)29-25(26-3)28-15-22-9-10-24(27-14-22)30-11-12-32-20(2)16-30;/h4-10,14,19-20,23H,11-13,15-18H2,1-3H3,(H2,26,28,29);1H. The van der Waals surface area contributed by atoms with Crippen LogP contribution in [-0.2, 0) is 17.8 Å². The predicted molar refractivity (Wildman–Crippen MR) is 145 cm³/mol. The molecule has 1 aromatic heterocycles. The maximum atomic E-state index is 5.63. The molecule has 0 bridgehead atoms. The van der Waals surface area contributed by atoms with Gasteiger partial charge in [-0.05, 0) is 37.5 Å². The molecule has 3 heterocycles. The molecule has 0 aliphatic carbocycles. The Hall–Kier alpha value is -1.91. The lowest BCUT2D eigenvalue weighted by molar-refractivity contribution is 0.0529. The third-order valence-electron chi connectivity index (χ3n) is 6.33. The lowest BCUT2D eigenvalue weighted by Gasteiger charge is -2.32. The fourth-order valence-electron chi connectivity index (χ4n) is 4.55. The van der Waals surface area contributed by atoms with Gasteiger partial charge in [-0.25, -0.2) is 4.98 Å². The molecule has 0 radical (unpaired) electrons. The Labute approximate surface area is 215 Å². The first-order valence-electron chi connectivity index (χ1n) is 11.7. The number of benzene rings is 1. The number of morpholine rings is 1. The second kappa shape index (κ2) is 12.5. The van der Waals surface area contributed by atoms with Crippen molar-refractivity contribution in [3.63, 3.8) is 0 Å². The lowest BCUT2D eigenvalue weighted by Crippen LogP contribution is -2.44. The number of ether oxygens (including phenoxy) is 1. The molecule has 2 aliphatic heterocycles. The van der Waals surface area contributed by atoms with E-state index in [1.807, 2.05) is 13.2 Å². The van der Waals surface area contributed by atoms with Crippen molar-refractivity contribution >= 4 is 35.8 Å². The quantitative estimate of drug-likeness (QED) is 0.319. The van der Waals surface area contributed by atoms with Crippen molar-refractivity contribution in [2.45, 2.75) is 51.5 Å². The third kappa shape index (κ3) is 7.28. The number of rotatable bonds is 6. The van der Waals surface area contributed by atoms with Gasteiger partial charge < -0.3 is 20.3 Å². The molecule has 0 spiro atoms. The Morgan fingerprint density at radius 2 is 1.94 bits per heavy atom. The SMILES string of the molecule is CN=C(NCc1ccc(N2CCOC(C)C2)nc1)NC1CC(C)N(Cc2ccccc2)C1.I. The topological polar surface area (TPSA) is 65.0 Å². The number of hydrogen-bond acceptors (Lipinski definition) is 5. The molecule has 1 aromatic carbocycles. The first kappa shape index (κ1) is 25.7. The Morgan fingerprint density at radius 1 is 1.12 bits per heavy atom. The third-order valence-corrected chi connectivity index (χ3v) is 6.33. The highest BCUT2D eigenvalue weighted by atomic mass is 127. The normalized spacial score (nSPS) is 23.8. The van der Waals surface area contributed by atoms with Crippen LogP contribution in [0.5, 0.6) is 0 Å². The summed E-state index contributed by atoms with van der Waals surface area (Å²) in [6.07, 6.45) is 3.32. The van der Waals surface area contributed by atoms with Gasteiger partial charge in [-0.3, -0.25) is 9.89 Å². The van der Waals surface area contributed by atoms with Gasteiger partial charge in [-0.15, -0.1) is 24.0 Å². The first-order valence-corrected chi connectivity index (χ1v) is 11.7. The van der Waals surface area contributed by atoms with Gasteiger partial charge in [0.1, 0.15) is 5.82 Å². The Morgan fingerprint density at radius 3 is 2.64 bits per heavy atom. The van der Waals surface area contributed by atoms with Gasteiger partial charge in [0.2, 0.25) is 0 Å². The van der Waals surface area contributed by atoms with Crippen LogP contribution in [0.25, 0.3) is 0 Å². The monoisotopic (exact) mass is 564 g/mol. The number of guanidine groups is 1. The minimum atomic E-state index is 0. The molecule has 2 fully saturated rings. The molecule has 3 atom stereocenters. The lowest BCUT2D eigenvalue weighted by atomic mass is 10.2. The van der Waals surface area contributed by atoms with Crippen LogP contribution in [0.3, 0.4) is 0 Å². The van der Waals surface area contributed by atoms with Crippen LogP contribution in [0.2, 0.25) is 0 Å². The molecule has 2 N–H and O–H groups in total. The highest BCUT2D eigenvalue weighted by molar-refractivity contribution is 14.0. The molecule has 2 saturated heterocycles. The summed E-state index contributed by atoms with van der Waals surface area (Å²) in [6.45, 7) is 9.67. The molecule has 180 valence electrons. The largest absolute Gasteiger partial charge is 0.375 e. The van der Waals surface area contributed by atoms with E-state index in [0.717, 1.165) is 56.5 Å². The van der Waals surface area contributed by atoms with Gasteiger partial charge >= 0.3 is 0 Å². The van der Waals surface area contributed by atoms with E-state index in [9.17, 15) is 0 Å². The molecule has 7 nitrogen and oxygen atoms in total. The van der Waals surface area contributed by atoms with E-state index in [1.54, 1.807) is 0 Å². The summed E-state index contributed by atoms with van der Waals surface area (Å²) in [5.41, 5.74) is 2.51. The van der Waals surface area contributed by atoms with Crippen molar-refractivity contribution in [3.05, 3.63) is 59.8 Å². The van der Waals surface area contributed by atoms with Crippen LogP contribution in [0.4, 0.5) is 5.82 Å². The van der Waals surface area contributed by atoms with Crippen LogP contribution in [0, 0.1) is 0 Å². The van der Waals surface area contributed by atoms with Crippen molar-refractivity contribution < 1.29 is 4.74 Å². The number of halogens is 1. The van der Waals surface area contributed by atoms with Crippen molar-refractivity contribution in [2.24, 2.45) is 4.99 Å². The van der Waals surface area contributed by atoms with Crippen LogP contribution in [-0.4, -0.2) is 67.3 Å². The summed E-state index contributed by atoms with van der Waals surface area (Å²) in [5, 5.41) is 7.05. The van der Waals surface area contributed by atoms with Gasteiger partial charge in [-0.1, -0.05) is 36.4 Å². The van der Waals surface area contributed by atoms with E-state index >= 15 is 0 Å². The zero-order chi connectivity index (χ0) is 22.3. The number of nitrogens with one attached hydrogen (secondary N) is 2. The Bertz CT molecular complexity index is 878. The summed E-state index contributed by atoms with van der Waals surface area (Å²) in [5.74, 6) is 1.86. The summed E-state index contributed by atoms with van der Waals surface area (Å²) < 4.78 is 5.63. The molecule has 3 unspecified atom stereocenters. The Kier molecular flexibility index (Phi) is 9.76. The van der Waals surface area contributed by atoms with Gasteiger partial charge in [-0.2, -0.15) is 0 Å². The first-order chi connectivity index (χ1) is 15.6. The van der Waals surface area contributed by atoms with Crippen molar-refractivity contribution in [1.82, 2.24) is 20.5 Å². The van der Waals surface area contributed by atoms with E-state index in [1.165, 1.54) is 5.56 Å². The molecule has 0 amide bonds. The van der Waals surface area contributed by atoms with Gasteiger partial charge in [0.05, 0.1) is 12.7 Å². The number of aliphatic imine (C=N–C) groups is 1. The summed E-state index contributed by atoms with van der Waals surface area (Å²) in [6, 6.07) is 15.9. The van der Waals surface area contributed by atoms with Gasteiger partial charge in [0, 0.05) is 58.1 Å². The van der Waals surface area contributed by atoms with Crippen molar-refractivity contribution in [2.75, 3.05) is 38.2 Å². The number of anilines is 1. The van der Waals surface area contributed by atoms with Crippen LogP contribution < -0.4 is 15.5 Å². The Balaban J connectivity index is 0.00000306. The summed E-state index contributed by atoms with van der Waals surface area (Å²) in [4.78, 5) is 13.9. The molecule has 4 rings (SSSR count). The minimum Gasteiger partial charge on any atom is -0.375 e. The zero-order valence-electron chi connectivity index (χ0n) is 19.9. The van der Waals surface area contributed by atoms with Crippen LogP contribution in [0.1, 0.15) is 31.4 Å². The average Bonchev–Trinajstić information content (AvgIpc) is 3.16. The van der Waals surface area contributed by atoms with Crippen LogP contribution in [0.15, 0.2) is 53.7 Å². The van der Waals surface area contributed by atoms with Crippen molar-refractivity contribution in [1.29, 1.82) is 0 Å². The fraction of sp³-hybridized carbons (Fsp3) is 0.520. The average molecular weight is 565 g/mol. The van der Waals surface area contributed by atoms with E-state index in [0.29, 0.717) is 18.6 Å². The smallest absolute Gasteiger partial charge is 0.191 e. The molecule has 33 heavy (non-hydrogen) atoms. The van der Waals surface area contributed by atoms with Gasteiger partial charge in [0.25, 0.3) is 0 Å². The highest BCUT2D eigenvalue weighted by Crippen LogP contribution is 2.20.